The summed E-state index contributed by atoms with van der Waals surface area (Å²) in [5.41, 5.74) is 1.19. The monoisotopic (exact) mass is 376 g/mol. The molecule has 0 fully saturated rings. The molecule has 2 rings (SSSR count). The summed E-state index contributed by atoms with van der Waals surface area (Å²) in [6.07, 6.45) is 1.45. The number of sulfonamides is 1. The molecule has 0 aliphatic heterocycles. The van der Waals surface area contributed by atoms with Crippen LogP contribution < -0.4 is 14.8 Å². The second-order valence-corrected chi connectivity index (χ2v) is 7.31. The van der Waals surface area contributed by atoms with E-state index in [1.807, 2.05) is 0 Å². The molecule has 2 N–H and O–H groups in total. The molecule has 0 aliphatic carbocycles. The molecule has 0 saturated heterocycles. The second kappa shape index (κ2) is 8.48. The number of Topliss-reactive ketones (excluding diaryl/α,β-unsaturated/α-hetero) is 1. The van der Waals surface area contributed by atoms with Gasteiger partial charge in [-0.2, -0.15) is 0 Å². The van der Waals surface area contributed by atoms with Crippen molar-refractivity contribution >= 4 is 33.1 Å². The zero-order valence-electron chi connectivity index (χ0n) is 14.5. The fourth-order valence-corrected chi connectivity index (χ4v) is 2.73. The van der Waals surface area contributed by atoms with Crippen LogP contribution >= 0.6 is 0 Å². The van der Waals surface area contributed by atoms with Crippen LogP contribution in [0.2, 0.25) is 0 Å². The number of para-hydroxylation sites is 2. The van der Waals surface area contributed by atoms with Crippen molar-refractivity contribution in [2.75, 3.05) is 22.9 Å². The number of carbonyl (C=O) groups excluding carboxylic acids is 2. The van der Waals surface area contributed by atoms with Gasteiger partial charge in [0.25, 0.3) is 5.91 Å². The van der Waals surface area contributed by atoms with Crippen LogP contribution in [0.3, 0.4) is 0 Å². The highest BCUT2D eigenvalue weighted by molar-refractivity contribution is 7.92. The number of ketones is 1. The SMILES string of the molecule is CCC(=O)c1ccc(OCC(=O)Nc2ccccc2NS(C)(=O)=O)cc1. The molecule has 0 saturated carbocycles. The van der Waals surface area contributed by atoms with Gasteiger partial charge in [-0.3, -0.25) is 14.3 Å². The zero-order chi connectivity index (χ0) is 19.2. The Balaban J connectivity index is 1.96. The van der Waals surface area contributed by atoms with Gasteiger partial charge >= 0.3 is 0 Å². The highest BCUT2D eigenvalue weighted by Crippen LogP contribution is 2.22. The molecule has 0 heterocycles. The molecule has 1 amide bonds. The summed E-state index contributed by atoms with van der Waals surface area (Å²) in [4.78, 5) is 23.6. The molecule has 0 aromatic heterocycles. The molecule has 0 unspecified atom stereocenters. The third kappa shape index (κ3) is 5.89. The number of rotatable bonds is 8. The van der Waals surface area contributed by atoms with Crippen LogP contribution in [0.5, 0.6) is 5.75 Å². The van der Waals surface area contributed by atoms with Gasteiger partial charge in [-0.25, -0.2) is 8.42 Å². The van der Waals surface area contributed by atoms with Crippen molar-refractivity contribution in [1.82, 2.24) is 0 Å². The summed E-state index contributed by atoms with van der Waals surface area (Å²) in [6, 6.07) is 13.0. The molecular weight excluding hydrogens is 356 g/mol. The van der Waals surface area contributed by atoms with Crippen LogP contribution in [0.15, 0.2) is 48.5 Å². The number of ether oxygens (including phenoxy) is 1. The molecule has 8 heteroatoms. The van der Waals surface area contributed by atoms with Gasteiger partial charge in [0.05, 0.1) is 17.6 Å². The Bertz CT molecular complexity index is 892. The Morgan fingerprint density at radius 2 is 1.62 bits per heavy atom. The maximum absolute atomic E-state index is 12.1. The fraction of sp³-hybridized carbons (Fsp3) is 0.222. The number of hydrogen-bond acceptors (Lipinski definition) is 5. The standard InChI is InChI=1S/C18H20N2O5S/c1-3-17(21)13-8-10-14(11-9-13)25-12-18(22)19-15-6-4-5-7-16(15)20-26(2,23)24/h4-11,20H,3,12H2,1-2H3,(H,19,22). The molecule has 2 aromatic carbocycles. The van der Waals surface area contributed by atoms with Crippen molar-refractivity contribution in [3.8, 4) is 5.75 Å². The van der Waals surface area contributed by atoms with Gasteiger partial charge in [0.2, 0.25) is 10.0 Å². The van der Waals surface area contributed by atoms with Gasteiger partial charge in [-0.1, -0.05) is 19.1 Å². The van der Waals surface area contributed by atoms with Crippen molar-refractivity contribution in [1.29, 1.82) is 0 Å². The summed E-state index contributed by atoms with van der Waals surface area (Å²) in [7, 11) is -3.46. The first-order chi connectivity index (χ1) is 12.3. The van der Waals surface area contributed by atoms with Crippen LogP contribution in [-0.2, 0) is 14.8 Å². The third-order valence-electron chi connectivity index (χ3n) is 3.36. The minimum absolute atomic E-state index is 0.0317. The predicted molar refractivity (Wildman–Crippen MR) is 100 cm³/mol. The molecule has 0 aliphatic rings. The summed E-state index contributed by atoms with van der Waals surface area (Å²) < 4.78 is 30.5. The summed E-state index contributed by atoms with van der Waals surface area (Å²) in [6.45, 7) is 1.53. The van der Waals surface area contributed by atoms with Crippen LogP contribution in [-0.4, -0.2) is 33.0 Å². The number of amides is 1. The van der Waals surface area contributed by atoms with Gasteiger partial charge in [-0.15, -0.1) is 0 Å². The topological polar surface area (TPSA) is 102 Å². The maximum Gasteiger partial charge on any atom is 0.262 e. The van der Waals surface area contributed by atoms with Crippen LogP contribution in [0.25, 0.3) is 0 Å². The first kappa shape index (κ1) is 19.5. The van der Waals surface area contributed by atoms with Gasteiger partial charge in [-0.05, 0) is 36.4 Å². The number of hydrogen-bond donors (Lipinski definition) is 2. The van der Waals surface area contributed by atoms with Crippen molar-refractivity contribution in [3.63, 3.8) is 0 Å². The lowest BCUT2D eigenvalue weighted by atomic mass is 10.1. The highest BCUT2D eigenvalue weighted by Gasteiger charge is 2.10. The Morgan fingerprint density at radius 3 is 2.19 bits per heavy atom. The number of benzene rings is 2. The predicted octanol–water partition coefficient (Wildman–Crippen LogP) is 2.67. The lowest BCUT2D eigenvalue weighted by molar-refractivity contribution is -0.118. The van der Waals surface area contributed by atoms with Crippen molar-refractivity contribution in [2.45, 2.75) is 13.3 Å². The third-order valence-corrected chi connectivity index (χ3v) is 3.95. The molecule has 2 aromatic rings. The van der Waals surface area contributed by atoms with E-state index in [1.165, 1.54) is 0 Å². The van der Waals surface area contributed by atoms with Crippen LogP contribution in [0, 0.1) is 0 Å². The van der Waals surface area contributed by atoms with Gasteiger partial charge in [0.15, 0.2) is 12.4 Å². The van der Waals surface area contributed by atoms with Crippen molar-refractivity contribution in [2.24, 2.45) is 0 Å². The molecule has 0 spiro atoms. The Hall–Kier alpha value is -2.87. The smallest absolute Gasteiger partial charge is 0.262 e. The lowest BCUT2D eigenvalue weighted by Gasteiger charge is -2.12. The van der Waals surface area contributed by atoms with Gasteiger partial charge in [0.1, 0.15) is 5.75 Å². The normalized spacial score (nSPS) is 10.8. The second-order valence-electron chi connectivity index (χ2n) is 5.56. The molecule has 7 nitrogen and oxygen atoms in total. The van der Waals surface area contributed by atoms with E-state index in [9.17, 15) is 18.0 Å². The first-order valence-electron chi connectivity index (χ1n) is 7.91. The summed E-state index contributed by atoms with van der Waals surface area (Å²) in [5.74, 6) is 0.0427. The van der Waals surface area contributed by atoms with Crippen LogP contribution in [0.4, 0.5) is 11.4 Å². The zero-order valence-corrected chi connectivity index (χ0v) is 15.3. The van der Waals surface area contributed by atoms with Gasteiger partial charge in [0, 0.05) is 12.0 Å². The summed E-state index contributed by atoms with van der Waals surface area (Å²) in [5, 5.41) is 2.60. The molecule has 0 radical (unpaired) electrons. The number of carbonyl (C=O) groups is 2. The van der Waals surface area contributed by atoms with E-state index in [-0.39, 0.29) is 18.1 Å². The number of anilines is 2. The molecule has 26 heavy (non-hydrogen) atoms. The van der Waals surface area contributed by atoms with E-state index >= 15 is 0 Å². The Labute approximate surface area is 152 Å². The van der Waals surface area contributed by atoms with Crippen LogP contribution in [0.1, 0.15) is 23.7 Å². The summed E-state index contributed by atoms with van der Waals surface area (Å²) >= 11 is 0. The van der Waals surface area contributed by atoms with Gasteiger partial charge < -0.3 is 10.1 Å². The highest BCUT2D eigenvalue weighted by atomic mass is 32.2. The fourth-order valence-electron chi connectivity index (χ4n) is 2.16. The quantitative estimate of drug-likeness (QED) is 0.690. The minimum atomic E-state index is -3.46. The average molecular weight is 376 g/mol. The van der Waals surface area contributed by atoms with E-state index in [1.54, 1.807) is 55.5 Å². The number of nitrogens with one attached hydrogen (secondary N) is 2. The lowest BCUT2D eigenvalue weighted by Crippen LogP contribution is -2.21. The molecule has 138 valence electrons. The molecule has 0 bridgehead atoms. The van der Waals surface area contributed by atoms with E-state index in [4.69, 9.17) is 4.74 Å². The Kier molecular flexibility index (Phi) is 6.35. The average Bonchev–Trinajstić information content (AvgIpc) is 2.60. The van der Waals surface area contributed by atoms with Crippen molar-refractivity contribution < 1.29 is 22.7 Å². The molecule has 0 atom stereocenters. The van der Waals surface area contributed by atoms with E-state index in [0.717, 1.165) is 6.26 Å². The van der Waals surface area contributed by atoms with E-state index in [0.29, 0.717) is 23.4 Å². The minimum Gasteiger partial charge on any atom is -0.484 e. The first-order valence-corrected chi connectivity index (χ1v) is 9.80. The largest absolute Gasteiger partial charge is 0.484 e. The van der Waals surface area contributed by atoms with E-state index < -0.39 is 15.9 Å². The Morgan fingerprint density at radius 1 is 1.00 bits per heavy atom. The van der Waals surface area contributed by atoms with E-state index in [2.05, 4.69) is 10.0 Å². The maximum atomic E-state index is 12.1. The molecular formula is C18H20N2O5S. The van der Waals surface area contributed by atoms with Crippen molar-refractivity contribution in [3.05, 3.63) is 54.1 Å².